The summed E-state index contributed by atoms with van der Waals surface area (Å²) in [6.07, 6.45) is 1.63. The molecule has 22 heavy (non-hydrogen) atoms. The van der Waals surface area contributed by atoms with E-state index in [4.69, 9.17) is 0 Å². The van der Waals surface area contributed by atoms with Gasteiger partial charge in [0, 0.05) is 28.5 Å². The van der Waals surface area contributed by atoms with Crippen LogP contribution in [-0.4, -0.2) is 42.1 Å². The maximum atomic E-state index is 4.44. The zero-order valence-electron chi connectivity index (χ0n) is 12.5. The molecular weight excluding hydrogens is 360 g/mol. The Balaban J connectivity index is 1.99. The third-order valence-corrected chi connectivity index (χ3v) is 4.79. The second-order valence-corrected chi connectivity index (χ2v) is 7.06. The van der Waals surface area contributed by atoms with Crippen LogP contribution in [0.25, 0.3) is 21.3 Å². The second-order valence-electron chi connectivity index (χ2n) is 5.29. The smallest absolute Gasteiger partial charge is 0.138 e. The molecular formula is C16H17BrN4S. The molecule has 2 heterocycles. The Kier molecular flexibility index (Phi) is 4.71. The van der Waals surface area contributed by atoms with Crippen molar-refractivity contribution < 1.29 is 0 Å². The van der Waals surface area contributed by atoms with Crippen LogP contribution in [0.1, 0.15) is 0 Å². The molecule has 3 rings (SSSR count). The summed E-state index contributed by atoms with van der Waals surface area (Å²) in [5, 5.41) is 6.69. The van der Waals surface area contributed by atoms with Gasteiger partial charge in [0.15, 0.2) is 0 Å². The monoisotopic (exact) mass is 376 g/mol. The van der Waals surface area contributed by atoms with Gasteiger partial charge in [0.05, 0.1) is 5.39 Å². The molecule has 1 N–H and O–H groups in total. The normalized spacial score (nSPS) is 11.3. The van der Waals surface area contributed by atoms with E-state index < -0.39 is 0 Å². The first-order valence-corrected chi connectivity index (χ1v) is 8.69. The third kappa shape index (κ3) is 3.29. The summed E-state index contributed by atoms with van der Waals surface area (Å²) in [6.45, 7) is 1.82. The van der Waals surface area contributed by atoms with Crippen molar-refractivity contribution in [3.8, 4) is 11.1 Å². The van der Waals surface area contributed by atoms with Gasteiger partial charge in [0.1, 0.15) is 17.0 Å². The first-order chi connectivity index (χ1) is 10.6. The Hall–Kier alpha value is -1.50. The maximum Gasteiger partial charge on any atom is 0.138 e. The molecule has 0 aliphatic heterocycles. The van der Waals surface area contributed by atoms with Crippen LogP contribution in [0.3, 0.4) is 0 Å². The molecule has 0 bridgehead atoms. The van der Waals surface area contributed by atoms with Crippen molar-refractivity contribution in [2.75, 3.05) is 32.5 Å². The van der Waals surface area contributed by atoms with Crippen molar-refractivity contribution in [2.45, 2.75) is 0 Å². The van der Waals surface area contributed by atoms with Crippen molar-refractivity contribution in [2.24, 2.45) is 0 Å². The molecule has 0 fully saturated rings. The molecule has 0 unspecified atom stereocenters. The fourth-order valence-corrected chi connectivity index (χ4v) is 3.43. The molecule has 0 amide bonds. The van der Waals surface area contributed by atoms with Crippen molar-refractivity contribution in [3.63, 3.8) is 0 Å². The van der Waals surface area contributed by atoms with Gasteiger partial charge in [-0.2, -0.15) is 0 Å². The van der Waals surface area contributed by atoms with Crippen LogP contribution in [0.2, 0.25) is 0 Å². The molecule has 0 aliphatic rings. The average molecular weight is 377 g/mol. The molecule has 2 aromatic heterocycles. The molecule has 1 aromatic carbocycles. The number of likely N-dealkylation sites (N-methyl/N-ethyl adjacent to an activating group) is 1. The zero-order valence-corrected chi connectivity index (χ0v) is 14.9. The van der Waals surface area contributed by atoms with E-state index in [0.29, 0.717) is 0 Å². The summed E-state index contributed by atoms with van der Waals surface area (Å²) in [6, 6.07) is 8.34. The van der Waals surface area contributed by atoms with E-state index in [-0.39, 0.29) is 0 Å². The standard InChI is InChI=1S/C16H17BrN4S/c1-21(2)8-7-18-15-14-13(9-22-16(14)20-10-19-15)11-3-5-12(17)6-4-11/h3-6,9-10H,7-8H2,1-2H3,(H,18,19,20). The number of rotatable bonds is 5. The lowest BCUT2D eigenvalue weighted by molar-refractivity contribution is 0.425. The lowest BCUT2D eigenvalue weighted by Crippen LogP contribution is -2.21. The van der Waals surface area contributed by atoms with Crippen LogP contribution in [0, 0.1) is 0 Å². The first kappa shape index (κ1) is 15.4. The number of anilines is 1. The molecule has 114 valence electrons. The predicted molar refractivity (Wildman–Crippen MR) is 97.6 cm³/mol. The van der Waals surface area contributed by atoms with Gasteiger partial charge in [-0.1, -0.05) is 28.1 Å². The molecule has 0 atom stereocenters. The summed E-state index contributed by atoms with van der Waals surface area (Å²) in [4.78, 5) is 12.0. The van der Waals surface area contributed by atoms with Crippen molar-refractivity contribution in [1.29, 1.82) is 0 Å². The predicted octanol–water partition coefficient (Wildman–Crippen LogP) is 4.09. The van der Waals surface area contributed by atoms with Gasteiger partial charge >= 0.3 is 0 Å². The summed E-state index contributed by atoms with van der Waals surface area (Å²) >= 11 is 5.14. The molecule has 4 nitrogen and oxygen atoms in total. The van der Waals surface area contributed by atoms with Gasteiger partial charge in [0.2, 0.25) is 0 Å². The fourth-order valence-electron chi connectivity index (χ4n) is 2.25. The lowest BCUT2D eigenvalue weighted by Gasteiger charge is -2.12. The van der Waals surface area contributed by atoms with Crippen LogP contribution in [0.15, 0.2) is 40.4 Å². The number of thiophene rings is 1. The minimum Gasteiger partial charge on any atom is -0.368 e. The topological polar surface area (TPSA) is 41.0 Å². The van der Waals surface area contributed by atoms with E-state index in [1.54, 1.807) is 17.7 Å². The van der Waals surface area contributed by atoms with Gasteiger partial charge in [-0.15, -0.1) is 11.3 Å². The number of nitrogens with zero attached hydrogens (tertiary/aromatic N) is 3. The summed E-state index contributed by atoms with van der Waals surface area (Å²) in [7, 11) is 4.13. The summed E-state index contributed by atoms with van der Waals surface area (Å²) in [5.74, 6) is 0.908. The highest BCUT2D eigenvalue weighted by Crippen LogP contribution is 2.36. The minimum atomic E-state index is 0.856. The highest BCUT2D eigenvalue weighted by atomic mass is 79.9. The van der Waals surface area contributed by atoms with E-state index in [1.807, 2.05) is 0 Å². The van der Waals surface area contributed by atoms with Crippen molar-refractivity contribution >= 4 is 43.3 Å². The van der Waals surface area contributed by atoms with Crippen LogP contribution >= 0.6 is 27.3 Å². The largest absolute Gasteiger partial charge is 0.368 e. The van der Waals surface area contributed by atoms with E-state index in [1.165, 1.54) is 11.1 Å². The SMILES string of the molecule is CN(C)CCNc1ncnc2scc(-c3ccc(Br)cc3)c12. The van der Waals surface area contributed by atoms with E-state index in [2.05, 4.69) is 79.9 Å². The quantitative estimate of drug-likeness (QED) is 0.727. The Bertz CT molecular complexity index is 767. The van der Waals surface area contributed by atoms with Crippen molar-refractivity contribution in [3.05, 3.63) is 40.4 Å². The Morgan fingerprint density at radius 3 is 2.68 bits per heavy atom. The third-order valence-electron chi connectivity index (χ3n) is 3.38. The molecule has 0 aliphatic carbocycles. The number of nitrogens with one attached hydrogen (secondary N) is 1. The fraction of sp³-hybridized carbons (Fsp3) is 0.250. The summed E-state index contributed by atoms with van der Waals surface area (Å²) < 4.78 is 1.08. The molecule has 6 heteroatoms. The highest BCUT2D eigenvalue weighted by molar-refractivity contribution is 9.10. The molecule has 0 saturated heterocycles. The van der Waals surface area contributed by atoms with Crippen LogP contribution in [0.5, 0.6) is 0 Å². The van der Waals surface area contributed by atoms with Crippen LogP contribution in [-0.2, 0) is 0 Å². The van der Waals surface area contributed by atoms with Gasteiger partial charge in [0.25, 0.3) is 0 Å². The lowest BCUT2D eigenvalue weighted by atomic mass is 10.1. The maximum absolute atomic E-state index is 4.44. The Morgan fingerprint density at radius 2 is 1.95 bits per heavy atom. The van der Waals surface area contributed by atoms with Gasteiger partial charge in [-0.25, -0.2) is 9.97 Å². The highest BCUT2D eigenvalue weighted by Gasteiger charge is 2.12. The van der Waals surface area contributed by atoms with Crippen molar-refractivity contribution in [1.82, 2.24) is 14.9 Å². The van der Waals surface area contributed by atoms with Crippen LogP contribution < -0.4 is 5.32 Å². The van der Waals surface area contributed by atoms with E-state index in [9.17, 15) is 0 Å². The average Bonchev–Trinajstić information content (AvgIpc) is 2.93. The number of benzene rings is 1. The molecule has 0 radical (unpaired) electrons. The first-order valence-electron chi connectivity index (χ1n) is 7.02. The zero-order chi connectivity index (χ0) is 15.5. The minimum absolute atomic E-state index is 0.856. The Morgan fingerprint density at radius 1 is 1.18 bits per heavy atom. The summed E-state index contributed by atoms with van der Waals surface area (Å²) in [5.41, 5.74) is 2.36. The van der Waals surface area contributed by atoms with E-state index in [0.717, 1.165) is 33.6 Å². The number of aromatic nitrogens is 2. The molecule has 0 saturated carbocycles. The molecule has 3 aromatic rings. The van der Waals surface area contributed by atoms with Gasteiger partial charge < -0.3 is 10.2 Å². The number of halogens is 1. The second kappa shape index (κ2) is 6.73. The van der Waals surface area contributed by atoms with E-state index >= 15 is 0 Å². The Labute approximate surface area is 142 Å². The molecule has 0 spiro atoms. The van der Waals surface area contributed by atoms with Gasteiger partial charge in [-0.05, 0) is 31.8 Å². The number of hydrogen-bond donors (Lipinski definition) is 1. The van der Waals surface area contributed by atoms with Gasteiger partial charge in [-0.3, -0.25) is 0 Å². The van der Waals surface area contributed by atoms with Crippen LogP contribution in [0.4, 0.5) is 5.82 Å². The number of fused-ring (bicyclic) bond motifs is 1. The number of hydrogen-bond acceptors (Lipinski definition) is 5.